The van der Waals surface area contributed by atoms with Crippen LogP contribution < -0.4 is 11.2 Å². The van der Waals surface area contributed by atoms with Crippen molar-refractivity contribution in [2.75, 3.05) is 6.61 Å². The quantitative estimate of drug-likeness (QED) is 0.465. The standard InChI is InChI=1S/C9H12N2O6.H2S/c12-3-4-6(14)7(15)8(17-4)11-2-1-5(13)10-9(11)16;/h1-2,4,6-8,12,14-15H,3H2,(H,10,13,16);1H2/t4-,6-,7-,8-;/m1./s1. The average molecular weight is 278 g/mol. The lowest BCUT2D eigenvalue weighted by atomic mass is 10.1. The molecule has 0 bridgehead atoms. The van der Waals surface area contributed by atoms with Gasteiger partial charge in [-0.15, -0.1) is 0 Å². The maximum absolute atomic E-state index is 11.4. The minimum atomic E-state index is -1.35. The van der Waals surface area contributed by atoms with Gasteiger partial charge in [-0.3, -0.25) is 14.3 Å². The zero-order valence-electron chi connectivity index (χ0n) is 9.18. The molecule has 4 N–H and O–H groups in total. The van der Waals surface area contributed by atoms with Gasteiger partial charge in [-0.1, -0.05) is 0 Å². The second kappa shape index (κ2) is 5.67. The predicted octanol–water partition coefficient (Wildman–Crippen LogP) is -2.74. The fourth-order valence-electron chi connectivity index (χ4n) is 1.74. The van der Waals surface area contributed by atoms with E-state index in [1.807, 2.05) is 4.98 Å². The monoisotopic (exact) mass is 278 g/mol. The number of nitrogens with one attached hydrogen (secondary N) is 1. The first-order valence-electron chi connectivity index (χ1n) is 4.98. The van der Waals surface area contributed by atoms with E-state index in [1.54, 1.807) is 0 Å². The van der Waals surface area contributed by atoms with Crippen molar-refractivity contribution < 1.29 is 20.1 Å². The van der Waals surface area contributed by atoms with Gasteiger partial charge in [0.2, 0.25) is 0 Å². The van der Waals surface area contributed by atoms with E-state index < -0.39 is 42.4 Å². The lowest BCUT2D eigenvalue weighted by molar-refractivity contribution is -0.0550. The van der Waals surface area contributed by atoms with Gasteiger partial charge in [0, 0.05) is 12.3 Å². The Morgan fingerprint density at radius 3 is 2.50 bits per heavy atom. The maximum atomic E-state index is 11.4. The van der Waals surface area contributed by atoms with Crippen molar-refractivity contribution in [2.45, 2.75) is 24.5 Å². The summed E-state index contributed by atoms with van der Waals surface area (Å²) < 4.78 is 6.08. The highest BCUT2D eigenvalue weighted by Gasteiger charge is 2.43. The summed E-state index contributed by atoms with van der Waals surface area (Å²) >= 11 is 0. The summed E-state index contributed by atoms with van der Waals surface area (Å²) in [6.07, 6.45) is -3.58. The number of hydrogen-bond acceptors (Lipinski definition) is 6. The Balaban J connectivity index is 0.00000162. The Morgan fingerprint density at radius 2 is 2.00 bits per heavy atom. The lowest BCUT2D eigenvalue weighted by Crippen LogP contribution is -2.37. The molecule has 18 heavy (non-hydrogen) atoms. The van der Waals surface area contributed by atoms with Crippen LogP contribution in [-0.4, -0.2) is 49.8 Å². The van der Waals surface area contributed by atoms with Crippen molar-refractivity contribution in [3.05, 3.63) is 33.1 Å². The molecule has 1 fully saturated rings. The Bertz CT molecular complexity index is 514. The number of aromatic nitrogens is 2. The largest absolute Gasteiger partial charge is 0.394 e. The molecule has 1 aliphatic rings. The van der Waals surface area contributed by atoms with Crippen molar-refractivity contribution in [2.24, 2.45) is 0 Å². The van der Waals surface area contributed by atoms with Crippen LogP contribution >= 0.6 is 13.5 Å². The van der Waals surface area contributed by atoms with Crippen LogP contribution in [0.25, 0.3) is 0 Å². The molecule has 0 amide bonds. The minimum Gasteiger partial charge on any atom is -0.394 e. The Morgan fingerprint density at radius 1 is 1.33 bits per heavy atom. The average Bonchev–Trinajstić information content (AvgIpc) is 2.57. The molecule has 4 atom stereocenters. The topological polar surface area (TPSA) is 125 Å². The number of aromatic amines is 1. The molecule has 0 spiro atoms. The van der Waals surface area contributed by atoms with Gasteiger partial charge in [0.15, 0.2) is 6.23 Å². The number of rotatable bonds is 2. The molecule has 0 unspecified atom stereocenters. The van der Waals surface area contributed by atoms with E-state index in [9.17, 15) is 19.8 Å². The molecule has 1 saturated heterocycles. The van der Waals surface area contributed by atoms with E-state index in [0.29, 0.717) is 0 Å². The van der Waals surface area contributed by atoms with Crippen molar-refractivity contribution >= 4 is 13.5 Å². The van der Waals surface area contributed by atoms with E-state index >= 15 is 0 Å². The van der Waals surface area contributed by atoms with Crippen molar-refractivity contribution in [1.29, 1.82) is 0 Å². The van der Waals surface area contributed by atoms with Crippen LogP contribution in [0.15, 0.2) is 21.9 Å². The van der Waals surface area contributed by atoms with Crippen LogP contribution in [0.2, 0.25) is 0 Å². The normalized spacial score (nSPS) is 31.1. The molecule has 1 aliphatic heterocycles. The zero-order valence-corrected chi connectivity index (χ0v) is 10.2. The van der Waals surface area contributed by atoms with E-state index in [0.717, 1.165) is 16.8 Å². The minimum absolute atomic E-state index is 0. The molecule has 8 nitrogen and oxygen atoms in total. The predicted molar refractivity (Wildman–Crippen MR) is 64.7 cm³/mol. The fourth-order valence-corrected chi connectivity index (χ4v) is 1.74. The molecule has 2 rings (SSSR count). The molecule has 0 aliphatic carbocycles. The van der Waals surface area contributed by atoms with Crippen LogP contribution in [0, 0.1) is 0 Å². The molecular formula is C9H14N2O6S. The summed E-state index contributed by atoms with van der Waals surface area (Å²) in [6, 6.07) is 1.09. The summed E-state index contributed by atoms with van der Waals surface area (Å²) in [5.74, 6) is 0. The van der Waals surface area contributed by atoms with Crippen molar-refractivity contribution in [1.82, 2.24) is 9.55 Å². The first-order chi connectivity index (χ1) is 8.04. The third kappa shape index (κ3) is 2.49. The van der Waals surface area contributed by atoms with Crippen molar-refractivity contribution in [3.8, 4) is 0 Å². The van der Waals surface area contributed by atoms with Crippen LogP contribution in [0.4, 0.5) is 0 Å². The van der Waals surface area contributed by atoms with Crippen LogP contribution in [0.5, 0.6) is 0 Å². The highest BCUT2D eigenvalue weighted by Crippen LogP contribution is 2.27. The smallest absolute Gasteiger partial charge is 0.330 e. The third-order valence-electron chi connectivity index (χ3n) is 2.64. The SMILES string of the molecule is O=c1ccn([C@@H]2O[C@H](CO)[C@@H](O)[C@H]2O)c(=O)[nH]1.S. The van der Waals surface area contributed by atoms with E-state index in [2.05, 4.69) is 0 Å². The molecule has 1 aromatic rings. The number of aliphatic hydroxyl groups excluding tert-OH is 3. The number of aliphatic hydroxyl groups is 3. The van der Waals surface area contributed by atoms with Crippen LogP contribution in [0.3, 0.4) is 0 Å². The first kappa shape index (κ1) is 14.9. The summed E-state index contributed by atoms with van der Waals surface area (Å²) in [5.41, 5.74) is -1.33. The number of ether oxygens (including phenoxy) is 1. The Labute approximate surface area is 108 Å². The molecule has 9 heteroatoms. The summed E-state index contributed by atoms with van der Waals surface area (Å²) in [5, 5.41) is 28.1. The van der Waals surface area contributed by atoms with Crippen LogP contribution in [-0.2, 0) is 4.74 Å². The van der Waals surface area contributed by atoms with E-state index in [-0.39, 0.29) is 13.5 Å². The second-order valence-electron chi connectivity index (χ2n) is 3.75. The molecule has 0 aromatic carbocycles. The molecule has 2 heterocycles. The highest BCUT2D eigenvalue weighted by atomic mass is 32.1. The zero-order chi connectivity index (χ0) is 12.6. The second-order valence-corrected chi connectivity index (χ2v) is 3.75. The lowest BCUT2D eigenvalue weighted by Gasteiger charge is -2.16. The molecule has 0 saturated carbocycles. The first-order valence-corrected chi connectivity index (χ1v) is 4.98. The van der Waals surface area contributed by atoms with Gasteiger partial charge >= 0.3 is 5.69 Å². The van der Waals surface area contributed by atoms with Gasteiger partial charge in [-0.05, 0) is 0 Å². The Hall–Kier alpha value is -1.13. The number of hydrogen-bond donors (Lipinski definition) is 4. The number of H-pyrrole nitrogens is 1. The van der Waals surface area contributed by atoms with Gasteiger partial charge < -0.3 is 20.1 Å². The summed E-state index contributed by atoms with van der Waals surface area (Å²) in [7, 11) is 0. The fraction of sp³-hybridized carbons (Fsp3) is 0.556. The summed E-state index contributed by atoms with van der Waals surface area (Å²) in [4.78, 5) is 24.3. The van der Waals surface area contributed by atoms with Gasteiger partial charge in [0.05, 0.1) is 6.61 Å². The van der Waals surface area contributed by atoms with Gasteiger partial charge in [-0.2, -0.15) is 13.5 Å². The number of nitrogens with zero attached hydrogens (tertiary/aromatic N) is 1. The van der Waals surface area contributed by atoms with Gasteiger partial charge in [0.1, 0.15) is 18.3 Å². The molecule has 102 valence electrons. The molecule has 0 radical (unpaired) electrons. The van der Waals surface area contributed by atoms with E-state index in [4.69, 9.17) is 9.84 Å². The van der Waals surface area contributed by atoms with Gasteiger partial charge in [0.25, 0.3) is 5.56 Å². The van der Waals surface area contributed by atoms with Crippen LogP contribution in [0.1, 0.15) is 6.23 Å². The van der Waals surface area contributed by atoms with Gasteiger partial charge in [-0.25, -0.2) is 4.79 Å². The van der Waals surface area contributed by atoms with E-state index in [1.165, 1.54) is 0 Å². The Kier molecular flexibility index (Phi) is 4.71. The third-order valence-corrected chi connectivity index (χ3v) is 2.64. The maximum Gasteiger partial charge on any atom is 0.330 e. The highest BCUT2D eigenvalue weighted by molar-refractivity contribution is 7.59. The summed E-state index contributed by atoms with van der Waals surface area (Å²) in [6.45, 7) is -0.479. The molecular weight excluding hydrogens is 264 g/mol. The van der Waals surface area contributed by atoms with Crippen molar-refractivity contribution in [3.63, 3.8) is 0 Å². The molecule has 1 aromatic heterocycles.